The Bertz CT molecular complexity index is 738. The molecule has 0 spiro atoms. The minimum atomic E-state index is -0.107. The molecule has 2 heterocycles. The normalized spacial score (nSPS) is 21.7. The first-order chi connectivity index (χ1) is 14.9. The van der Waals surface area contributed by atoms with Crippen molar-refractivity contribution in [1.82, 2.24) is 20.0 Å². The molecule has 2 atom stereocenters. The summed E-state index contributed by atoms with van der Waals surface area (Å²) in [5, 5.41) is 3.17. The van der Waals surface area contributed by atoms with Crippen LogP contribution in [-0.4, -0.2) is 85.4 Å². The van der Waals surface area contributed by atoms with Crippen LogP contribution in [0.4, 0.5) is 0 Å². The summed E-state index contributed by atoms with van der Waals surface area (Å²) in [6.45, 7) is 17.1. The van der Waals surface area contributed by atoms with Crippen LogP contribution in [0.1, 0.15) is 48.2 Å². The molecule has 2 amide bonds. The lowest BCUT2D eigenvalue weighted by molar-refractivity contribution is -0.126. The molecule has 1 aromatic rings. The van der Waals surface area contributed by atoms with Crippen molar-refractivity contribution in [3.63, 3.8) is 0 Å². The first-order valence-electron chi connectivity index (χ1n) is 12.0. The van der Waals surface area contributed by atoms with Gasteiger partial charge in [-0.15, -0.1) is 0 Å². The Hall–Kier alpha value is -1.92. The van der Waals surface area contributed by atoms with Gasteiger partial charge < -0.3 is 20.0 Å². The number of piperidine rings is 1. The van der Waals surface area contributed by atoms with E-state index in [0.717, 1.165) is 75.3 Å². The van der Waals surface area contributed by atoms with Gasteiger partial charge in [-0.05, 0) is 51.3 Å². The van der Waals surface area contributed by atoms with Crippen LogP contribution in [0.5, 0.6) is 0 Å². The van der Waals surface area contributed by atoms with E-state index >= 15 is 0 Å². The van der Waals surface area contributed by atoms with Gasteiger partial charge in [-0.2, -0.15) is 0 Å². The van der Waals surface area contributed by atoms with E-state index in [4.69, 9.17) is 0 Å². The fraction of sp³-hybridized carbons (Fsp3) is 0.680. The molecule has 0 aromatic heterocycles. The second-order valence-electron chi connectivity index (χ2n) is 9.55. The minimum absolute atomic E-state index is 0.0453. The molecule has 3 rings (SSSR count). The largest absolute Gasteiger partial charge is 0.355 e. The first kappa shape index (κ1) is 23.7. The van der Waals surface area contributed by atoms with Crippen molar-refractivity contribution < 1.29 is 9.59 Å². The summed E-state index contributed by atoms with van der Waals surface area (Å²) in [4.78, 5) is 32.7. The van der Waals surface area contributed by atoms with Gasteiger partial charge in [-0.1, -0.05) is 31.0 Å². The molecule has 2 aliphatic heterocycles. The fourth-order valence-corrected chi connectivity index (χ4v) is 4.87. The third kappa shape index (κ3) is 6.78. The van der Waals surface area contributed by atoms with E-state index in [0.29, 0.717) is 19.0 Å². The summed E-state index contributed by atoms with van der Waals surface area (Å²) < 4.78 is 0. The van der Waals surface area contributed by atoms with Gasteiger partial charge in [-0.3, -0.25) is 9.59 Å². The van der Waals surface area contributed by atoms with Crippen LogP contribution in [-0.2, 0) is 4.79 Å². The van der Waals surface area contributed by atoms with E-state index < -0.39 is 0 Å². The average Bonchev–Trinajstić information content (AvgIpc) is 2.77. The number of aryl methyl sites for hydroxylation is 2. The molecular weight excluding hydrogens is 388 g/mol. The van der Waals surface area contributed by atoms with Crippen LogP contribution in [0.2, 0.25) is 0 Å². The number of hydrogen-bond acceptors (Lipinski definition) is 4. The van der Waals surface area contributed by atoms with Gasteiger partial charge in [0, 0.05) is 57.9 Å². The minimum Gasteiger partial charge on any atom is -0.355 e. The standard InChI is InChI=1S/C25H40N4O2/c1-5-27-9-11-28(12-10-27)17-21(4)16-26-24(30)22-7-6-8-29(18-22)25(31)23-14-19(2)13-20(3)15-23/h13-15,21-22H,5-12,16-18H2,1-4H3,(H,26,30)/t21-,22+/m0/s1. The van der Waals surface area contributed by atoms with Crippen LogP contribution in [0.3, 0.4) is 0 Å². The lowest BCUT2D eigenvalue weighted by Gasteiger charge is -2.35. The van der Waals surface area contributed by atoms with Crippen molar-refractivity contribution in [2.45, 2.75) is 40.5 Å². The quantitative estimate of drug-likeness (QED) is 0.725. The van der Waals surface area contributed by atoms with Gasteiger partial charge in [0.25, 0.3) is 5.91 Å². The lowest BCUT2D eigenvalue weighted by Crippen LogP contribution is -2.49. The number of carbonyl (C=O) groups excluding carboxylic acids is 2. The summed E-state index contributed by atoms with van der Waals surface area (Å²) in [5.41, 5.74) is 2.93. The monoisotopic (exact) mass is 428 g/mol. The average molecular weight is 429 g/mol. The maximum Gasteiger partial charge on any atom is 0.253 e. The summed E-state index contributed by atoms with van der Waals surface area (Å²) >= 11 is 0. The molecule has 1 aromatic carbocycles. The second kappa shape index (κ2) is 11.1. The molecule has 2 saturated heterocycles. The zero-order chi connectivity index (χ0) is 22.4. The van der Waals surface area contributed by atoms with E-state index in [1.54, 1.807) is 0 Å². The number of amides is 2. The van der Waals surface area contributed by atoms with Crippen LogP contribution in [0.25, 0.3) is 0 Å². The molecule has 2 fully saturated rings. The van der Waals surface area contributed by atoms with E-state index in [2.05, 4.69) is 35.0 Å². The highest BCUT2D eigenvalue weighted by molar-refractivity contribution is 5.95. The van der Waals surface area contributed by atoms with Crippen LogP contribution in [0, 0.1) is 25.7 Å². The third-order valence-electron chi connectivity index (χ3n) is 6.65. The number of likely N-dealkylation sites (tertiary alicyclic amines) is 1. The van der Waals surface area contributed by atoms with Crippen molar-refractivity contribution in [2.24, 2.45) is 11.8 Å². The van der Waals surface area contributed by atoms with Gasteiger partial charge >= 0.3 is 0 Å². The van der Waals surface area contributed by atoms with E-state index in [9.17, 15) is 9.59 Å². The Morgan fingerprint density at radius 1 is 1.03 bits per heavy atom. The number of rotatable bonds is 7. The Labute approximate surface area is 188 Å². The molecule has 6 nitrogen and oxygen atoms in total. The molecule has 0 saturated carbocycles. The Kier molecular flexibility index (Phi) is 8.50. The topological polar surface area (TPSA) is 55.9 Å². The summed E-state index contributed by atoms with van der Waals surface area (Å²) in [5.74, 6) is 0.460. The molecule has 0 bridgehead atoms. The number of piperazine rings is 1. The van der Waals surface area contributed by atoms with E-state index in [1.807, 2.05) is 30.9 Å². The van der Waals surface area contributed by atoms with E-state index in [-0.39, 0.29) is 17.7 Å². The van der Waals surface area contributed by atoms with Crippen LogP contribution in [0.15, 0.2) is 18.2 Å². The summed E-state index contributed by atoms with van der Waals surface area (Å²) in [6, 6.07) is 5.97. The lowest BCUT2D eigenvalue weighted by atomic mass is 9.95. The van der Waals surface area contributed by atoms with Gasteiger partial charge in [0.05, 0.1) is 5.92 Å². The number of carbonyl (C=O) groups is 2. The number of likely N-dealkylation sites (N-methyl/N-ethyl adjacent to an activating group) is 1. The Balaban J connectivity index is 1.45. The highest BCUT2D eigenvalue weighted by Crippen LogP contribution is 2.20. The maximum absolute atomic E-state index is 13.0. The number of hydrogen-bond donors (Lipinski definition) is 1. The Morgan fingerprint density at radius 2 is 1.68 bits per heavy atom. The third-order valence-corrected chi connectivity index (χ3v) is 6.65. The van der Waals surface area contributed by atoms with Crippen molar-refractivity contribution in [3.8, 4) is 0 Å². The first-order valence-corrected chi connectivity index (χ1v) is 12.0. The van der Waals surface area contributed by atoms with Gasteiger partial charge in [0.2, 0.25) is 5.91 Å². The zero-order valence-electron chi connectivity index (χ0n) is 19.8. The van der Waals surface area contributed by atoms with Gasteiger partial charge in [0.15, 0.2) is 0 Å². The molecular formula is C25H40N4O2. The molecule has 172 valence electrons. The molecule has 0 unspecified atom stereocenters. The van der Waals surface area contributed by atoms with Crippen molar-refractivity contribution in [3.05, 3.63) is 34.9 Å². The number of nitrogens with zero attached hydrogens (tertiary/aromatic N) is 3. The van der Waals surface area contributed by atoms with Gasteiger partial charge in [0.1, 0.15) is 0 Å². The molecule has 0 radical (unpaired) electrons. The number of benzene rings is 1. The fourth-order valence-electron chi connectivity index (χ4n) is 4.87. The van der Waals surface area contributed by atoms with Crippen molar-refractivity contribution in [2.75, 3.05) is 58.9 Å². The number of nitrogens with one attached hydrogen (secondary N) is 1. The van der Waals surface area contributed by atoms with Crippen LogP contribution >= 0.6 is 0 Å². The van der Waals surface area contributed by atoms with Crippen molar-refractivity contribution in [1.29, 1.82) is 0 Å². The summed E-state index contributed by atoms with van der Waals surface area (Å²) in [6.07, 6.45) is 1.74. The van der Waals surface area contributed by atoms with Gasteiger partial charge in [-0.25, -0.2) is 0 Å². The summed E-state index contributed by atoms with van der Waals surface area (Å²) in [7, 11) is 0. The molecule has 1 N–H and O–H groups in total. The Morgan fingerprint density at radius 3 is 2.32 bits per heavy atom. The maximum atomic E-state index is 13.0. The molecule has 31 heavy (non-hydrogen) atoms. The zero-order valence-corrected chi connectivity index (χ0v) is 19.8. The molecule has 2 aliphatic rings. The predicted molar refractivity (Wildman–Crippen MR) is 125 cm³/mol. The van der Waals surface area contributed by atoms with Crippen LogP contribution < -0.4 is 5.32 Å². The SMILES string of the molecule is CCN1CCN(C[C@@H](C)CNC(=O)[C@@H]2CCCN(C(=O)c3cc(C)cc(C)c3)C2)CC1. The molecule has 0 aliphatic carbocycles. The molecule has 6 heteroatoms. The predicted octanol–water partition coefficient (Wildman–Crippen LogP) is 2.55. The highest BCUT2D eigenvalue weighted by atomic mass is 16.2. The van der Waals surface area contributed by atoms with Crippen molar-refractivity contribution >= 4 is 11.8 Å². The van der Waals surface area contributed by atoms with E-state index in [1.165, 1.54) is 0 Å². The highest BCUT2D eigenvalue weighted by Gasteiger charge is 2.29. The second-order valence-corrected chi connectivity index (χ2v) is 9.55. The smallest absolute Gasteiger partial charge is 0.253 e.